The molecule has 138 valence electrons. The monoisotopic (exact) mass is 380 g/mol. The van der Waals surface area contributed by atoms with Gasteiger partial charge in [-0.1, -0.05) is 11.3 Å². The Morgan fingerprint density at radius 3 is 2.88 bits per heavy atom. The molecule has 3 heterocycles. The van der Waals surface area contributed by atoms with Gasteiger partial charge >= 0.3 is 5.88 Å². The number of rotatable bonds is 8. The molecule has 0 atom stereocenters. The lowest BCUT2D eigenvalue weighted by Crippen LogP contribution is -2.26. The molecule has 11 nitrogen and oxygen atoms in total. The number of hydrogen-bond donors (Lipinski definition) is 2. The summed E-state index contributed by atoms with van der Waals surface area (Å²) in [6.07, 6.45) is 2.33. The quantitative estimate of drug-likeness (QED) is 0.400. The molecule has 1 saturated heterocycles. The molecule has 2 amide bonds. The second kappa shape index (κ2) is 7.91. The van der Waals surface area contributed by atoms with Crippen LogP contribution in [-0.4, -0.2) is 51.5 Å². The van der Waals surface area contributed by atoms with Crippen molar-refractivity contribution in [3.05, 3.63) is 28.0 Å². The molecule has 2 N–H and O–H groups in total. The van der Waals surface area contributed by atoms with E-state index in [1.165, 1.54) is 6.07 Å². The van der Waals surface area contributed by atoms with Crippen molar-refractivity contribution in [2.45, 2.75) is 19.3 Å². The third-order valence-corrected chi connectivity index (χ3v) is 4.49. The molecule has 0 spiro atoms. The lowest BCUT2D eigenvalue weighted by molar-refractivity contribution is -0.402. The van der Waals surface area contributed by atoms with Crippen molar-refractivity contribution in [2.24, 2.45) is 0 Å². The van der Waals surface area contributed by atoms with E-state index in [1.807, 2.05) is 4.90 Å². The van der Waals surface area contributed by atoms with Crippen LogP contribution in [0.15, 0.2) is 16.5 Å². The fraction of sp³-hybridized carbons (Fsp3) is 0.429. The number of anilines is 2. The third-order valence-electron chi connectivity index (χ3n) is 3.69. The Labute approximate surface area is 151 Å². The molecular weight excluding hydrogens is 364 g/mol. The van der Waals surface area contributed by atoms with Crippen LogP contribution >= 0.6 is 11.3 Å². The van der Waals surface area contributed by atoms with Crippen molar-refractivity contribution in [3.63, 3.8) is 0 Å². The van der Waals surface area contributed by atoms with Crippen LogP contribution in [0.5, 0.6) is 0 Å². The predicted octanol–water partition coefficient (Wildman–Crippen LogP) is 1.72. The summed E-state index contributed by atoms with van der Waals surface area (Å²) < 4.78 is 4.82. The highest BCUT2D eigenvalue weighted by Gasteiger charge is 2.20. The highest BCUT2D eigenvalue weighted by Crippen LogP contribution is 2.22. The summed E-state index contributed by atoms with van der Waals surface area (Å²) in [7, 11) is 0. The first-order valence-corrected chi connectivity index (χ1v) is 8.75. The maximum Gasteiger partial charge on any atom is 0.433 e. The first kappa shape index (κ1) is 17.8. The predicted molar refractivity (Wildman–Crippen MR) is 92.1 cm³/mol. The number of amides is 2. The Balaban J connectivity index is 1.44. The number of likely N-dealkylation sites (tertiary alicyclic amines) is 1. The van der Waals surface area contributed by atoms with E-state index in [4.69, 9.17) is 4.42 Å². The largest absolute Gasteiger partial charge is 0.433 e. The number of nitro groups is 1. The molecule has 26 heavy (non-hydrogen) atoms. The van der Waals surface area contributed by atoms with Gasteiger partial charge in [0.05, 0.1) is 6.07 Å². The van der Waals surface area contributed by atoms with Gasteiger partial charge < -0.3 is 14.6 Å². The van der Waals surface area contributed by atoms with Gasteiger partial charge in [0.2, 0.25) is 16.2 Å². The zero-order valence-corrected chi connectivity index (χ0v) is 14.5. The van der Waals surface area contributed by atoms with Crippen molar-refractivity contribution in [3.8, 4) is 0 Å². The van der Waals surface area contributed by atoms with Gasteiger partial charge in [-0.3, -0.25) is 25.0 Å². The second-order valence-corrected chi connectivity index (χ2v) is 6.50. The van der Waals surface area contributed by atoms with Gasteiger partial charge in [-0.2, -0.15) is 0 Å². The molecule has 0 saturated carbocycles. The molecular formula is C14H16N6O5S. The van der Waals surface area contributed by atoms with Crippen LogP contribution in [0.25, 0.3) is 0 Å². The van der Waals surface area contributed by atoms with Gasteiger partial charge in [-0.15, -0.1) is 10.2 Å². The minimum absolute atomic E-state index is 0.184. The zero-order chi connectivity index (χ0) is 18.5. The average molecular weight is 380 g/mol. The highest BCUT2D eigenvalue weighted by atomic mass is 32.1. The topological polar surface area (TPSA) is 144 Å². The summed E-state index contributed by atoms with van der Waals surface area (Å²) in [5.41, 5.74) is 0. The summed E-state index contributed by atoms with van der Waals surface area (Å²) in [6.45, 7) is 2.14. The molecule has 2 aromatic heterocycles. The van der Waals surface area contributed by atoms with Crippen molar-refractivity contribution in [1.29, 1.82) is 0 Å². The highest BCUT2D eigenvalue weighted by molar-refractivity contribution is 7.19. The molecule has 1 aliphatic rings. The summed E-state index contributed by atoms with van der Waals surface area (Å²) in [6, 6.07) is 2.32. The SMILES string of the molecule is O=C(Nc1nnc(NCCCN2CCCC2=O)s1)c1ccc([N+](=O)[O-])o1. The minimum Gasteiger partial charge on any atom is -0.395 e. The number of nitrogens with one attached hydrogen (secondary N) is 2. The van der Waals surface area contributed by atoms with Crippen LogP contribution in [-0.2, 0) is 4.79 Å². The summed E-state index contributed by atoms with van der Waals surface area (Å²) in [4.78, 5) is 35.1. The molecule has 2 aromatic rings. The number of nitrogens with zero attached hydrogens (tertiary/aromatic N) is 4. The van der Waals surface area contributed by atoms with Gasteiger partial charge in [-0.05, 0) is 18.9 Å². The molecule has 12 heteroatoms. The van der Waals surface area contributed by atoms with E-state index in [-0.39, 0.29) is 16.8 Å². The number of carbonyl (C=O) groups excluding carboxylic acids is 2. The van der Waals surface area contributed by atoms with Gasteiger partial charge in [0.15, 0.2) is 5.76 Å². The van der Waals surface area contributed by atoms with E-state index in [2.05, 4.69) is 20.8 Å². The maximum atomic E-state index is 12.0. The van der Waals surface area contributed by atoms with Crippen LogP contribution in [0.4, 0.5) is 16.1 Å². The third kappa shape index (κ3) is 4.33. The fourth-order valence-electron chi connectivity index (χ4n) is 2.46. The van der Waals surface area contributed by atoms with Crippen molar-refractivity contribution in [2.75, 3.05) is 30.3 Å². The van der Waals surface area contributed by atoms with E-state index in [9.17, 15) is 19.7 Å². The number of carbonyl (C=O) groups is 2. The number of furan rings is 1. The summed E-state index contributed by atoms with van der Waals surface area (Å²) in [5.74, 6) is -1.14. The summed E-state index contributed by atoms with van der Waals surface area (Å²) in [5, 5.41) is 24.6. The van der Waals surface area contributed by atoms with E-state index in [0.717, 1.165) is 36.8 Å². The number of aromatic nitrogens is 2. The number of hydrogen-bond acceptors (Lipinski definition) is 9. The van der Waals surface area contributed by atoms with Crippen molar-refractivity contribution in [1.82, 2.24) is 15.1 Å². The van der Waals surface area contributed by atoms with E-state index in [1.54, 1.807) is 0 Å². The Bertz CT molecular complexity index is 818. The first-order valence-electron chi connectivity index (χ1n) is 7.93. The first-order chi connectivity index (χ1) is 12.5. The average Bonchev–Trinajstić information content (AvgIpc) is 3.33. The normalized spacial score (nSPS) is 13.8. The van der Waals surface area contributed by atoms with Crippen molar-refractivity contribution >= 4 is 39.3 Å². The van der Waals surface area contributed by atoms with Gasteiger partial charge in [0.1, 0.15) is 4.92 Å². The van der Waals surface area contributed by atoms with E-state index < -0.39 is 16.7 Å². The van der Waals surface area contributed by atoms with Crippen LogP contribution in [0.2, 0.25) is 0 Å². The lowest BCUT2D eigenvalue weighted by atomic mass is 10.4. The second-order valence-electron chi connectivity index (χ2n) is 5.53. The van der Waals surface area contributed by atoms with Gasteiger partial charge in [-0.25, -0.2) is 0 Å². The molecule has 3 rings (SSSR count). The van der Waals surface area contributed by atoms with E-state index >= 15 is 0 Å². The smallest absolute Gasteiger partial charge is 0.395 e. The Morgan fingerprint density at radius 2 is 2.19 bits per heavy atom. The molecule has 0 unspecified atom stereocenters. The molecule has 1 aliphatic heterocycles. The molecule has 0 aromatic carbocycles. The van der Waals surface area contributed by atoms with Crippen LogP contribution in [0.3, 0.4) is 0 Å². The molecule has 0 aliphatic carbocycles. The Kier molecular flexibility index (Phi) is 5.41. The van der Waals surface area contributed by atoms with Crippen LogP contribution in [0, 0.1) is 10.1 Å². The minimum atomic E-state index is -0.723. The standard InChI is InChI=1S/C14H16N6O5S/c21-10-3-1-7-19(10)8-2-6-15-13-17-18-14(26-13)16-12(22)9-4-5-11(25-9)20(23)24/h4-5H,1-3,6-8H2,(H,15,17)(H,16,18,22). The van der Waals surface area contributed by atoms with Crippen LogP contribution in [0.1, 0.15) is 29.8 Å². The maximum absolute atomic E-state index is 12.0. The Hall–Kier alpha value is -3.02. The van der Waals surface area contributed by atoms with Gasteiger partial charge in [0.25, 0.3) is 5.91 Å². The van der Waals surface area contributed by atoms with Crippen LogP contribution < -0.4 is 10.6 Å². The summed E-state index contributed by atoms with van der Waals surface area (Å²) >= 11 is 1.13. The lowest BCUT2D eigenvalue weighted by Gasteiger charge is -2.14. The van der Waals surface area contributed by atoms with Crippen molar-refractivity contribution < 1.29 is 18.9 Å². The molecule has 1 fully saturated rings. The zero-order valence-electron chi connectivity index (χ0n) is 13.6. The molecule has 0 bridgehead atoms. The van der Waals surface area contributed by atoms with Gasteiger partial charge in [0, 0.05) is 26.1 Å². The Morgan fingerprint density at radius 1 is 1.38 bits per heavy atom. The fourth-order valence-corrected chi connectivity index (χ4v) is 3.12. The molecule has 0 radical (unpaired) electrons. The van der Waals surface area contributed by atoms with E-state index in [0.29, 0.717) is 24.6 Å².